The minimum Gasteiger partial charge on any atom is -0.324 e. The number of hydrogen-bond acceptors (Lipinski definition) is 6. The van der Waals surface area contributed by atoms with E-state index in [1.165, 1.54) is 44.5 Å². The maximum atomic E-state index is 5.74. The molecule has 5 heterocycles. The molecule has 2 aliphatic rings. The van der Waals surface area contributed by atoms with Crippen LogP contribution in [0.3, 0.4) is 0 Å². The van der Waals surface area contributed by atoms with Crippen LogP contribution in [0.2, 0.25) is 0 Å². The minimum absolute atomic E-state index is 0.139. The molecule has 0 spiro atoms. The van der Waals surface area contributed by atoms with Gasteiger partial charge in [0, 0.05) is 43.8 Å². The monoisotopic (exact) mass is 963 g/mol. The largest absolute Gasteiger partial charge is 0.324 e. The summed E-state index contributed by atoms with van der Waals surface area (Å²) in [6, 6.07) is 18.8. The van der Waals surface area contributed by atoms with Gasteiger partial charge in [-0.3, -0.25) is 0 Å². The first kappa shape index (κ1) is 51.2. The molecule has 9 rings (SSSR count). The summed E-state index contributed by atoms with van der Waals surface area (Å²) < 4.78 is 0. The molecule has 378 valence electrons. The third kappa shape index (κ3) is 8.86. The highest BCUT2D eigenvalue weighted by molar-refractivity contribution is 6.09. The Balaban J connectivity index is 1.62. The maximum Gasteiger partial charge on any atom is 0.165 e. The Morgan fingerprint density at radius 2 is 0.528 bits per heavy atom. The first-order valence-electron chi connectivity index (χ1n) is 26.3. The quantitative estimate of drug-likeness (QED) is 0.157. The van der Waals surface area contributed by atoms with E-state index in [9.17, 15) is 0 Å². The highest BCUT2D eigenvalue weighted by atomic mass is 15.1. The van der Waals surface area contributed by atoms with Crippen LogP contribution in [-0.2, 0) is 43.3 Å². The van der Waals surface area contributed by atoms with E-state index in [0.717, 1.165) is 55.1 Å². The lowest BCUT2D eigenvalue weighted by molar-refractivity contribution is 0.569. The fraction of sp³-hybridized carbons (Fsp3) is 0.500. The molecule has 72 heavy (non-hydrogen) atoms. The predicted octanol–water partition coefficient (Wildman–Crippen LogP) is 17.2. The Bertz CT molecular complexity index is 3580. The van der Waals surface area contributed by atoms with E-state index in [1.54, 1.807) is 0 Å². The number of nitrogens with zero attached hydrogens (tertiary/aromatic N) is 6. The first-order chi connectivity index (χ1) is 32.7. The molecular formula is C64H82N8. The van der Waals surface area contributed by atoms with E-state index in [1.807, 2.05) is 0 Å². The number of hydrogen-bond donors (Lipinski definition) is 2. The van der Waals surface area contributed by atoms with Gasteiger partial charge in [0.25, 0.3) is 0 Å². The molecule has 8 nitrogen and oxygen atoms in total. The van der Waals surface area contributed by atoms with Crippen LogP contribution in [0.5, 0.6) is 0 Å². The number of aromatic amines is 2. The SMILES string of the molecule is CC(C)(C)c1cc2c(c(C(C)(C)C)c1)-c1nc-2nc2[nH]c(nc3nc(nc4[nH]c(n1)c1cc(C(C)(C)C)cc(C(C)(C)C)c41)-c1c-3cc(C(C)(C)C)cc1C(C)(C)C)c1c(C(C)(C)C)cc(C(C)(C)C)cc21. The van der Waals surface area contributed by atoms with Crippen LogP contribution in [0.1, 0.15) is 211 Å². The summed E-state index contributed by atoms with van der Waals surface area (Å²) in [6.45, 7) is 54.9. The standard InChI is InChI=1S/C64H82N8/c1-57(2,3)33-25-37-45(41(29-33)61(13,14)15)53-66-49(37)65-50-38-26-34(58(4,5)6)30-42(62(16,17)18)46(38)54(67-50)69-52-40-28-36(60(10,11)12)32-44(64(22,23)24)48(40)56(71-52)72-55-47-39(51(68-53)70-55)27-35(59(7,8)9)31-43(47)63(19,20)21/h25-32H,1-24H3,(H2,65,66,67,68,69,70,71,72). The molecule has 0 saturated carbocycles. The second-order valence-corrected chi connectivity index (χ2v) is 29.4. The molecule has 0 fully saturated rings. The van der Waals surface area contributed by atoms with Crippen LogP contribution in [0.4, 0.5) is 0 Å². The van der Waals surface area contributed by atoms with Gasteiger partial charge in [0.05, 0.1) is 0 Å². The topological polar surface area (TPSA) is 109 Å². The molecule has 2 aliphatic heterocycles. The van der Waals surface area contributed by atoms with Crippen molar-refractivity contribution in [3.8, 4) is 45.6 Å². The number of aromatic nitrogens is 8. The average molecular weight is 963 g/mol. The number of nitrogens with one attached hydrogen (secondary N) is 2. The molecule has 8 heteroatoms. The smallest absolute Gasteiger partial charge is 0.165 e. The van der Waals surface area contributed by atoms with Crippen LogP contribution < -0.4 is 0 Å². The van der Waals surface area contributed by atoms with Crippen LogP contribution in [0.15, 0.2) is 48.5 Å². The number of rotatable bonds is 0. The van der Waals surface area contributed by atoms with Crippen LogP contribution >= 0.6 is 0 Å². The summed E-state index contributed by atoms with van der Waals surface area (Å²) in [4.78, 5) is 41.7. The Morgan fingerprint density at radius 1 is 0.264 bits per heavy atom. The van der Waals surface area contributed by atoms with Crippen molar-refractivity contribution in [3.05, 3.63) is 93.0 Å². The average Bonchev–Trinajstić information content (AvgIpc) is 3.95. The lowest BCUT2D eigenvalue weighted by Crippen LogP contribution is -2.18. The summed E-state index contributed by atoms with van der Waals surface area (Å²) in [5.41, 5.74) is 14.9. The highest BCUT2D eigenvalue weighted by Gasteiger charge is 2.35. The van der Waals surface area contributed by atoms with Gasteiger partial charge in [0.15, 0.2) is 23.3 Å². The molecule has 8 bridgehead atoms. The molecule has 0 amide bonds. The predicted molar refractivity (Wildman–Crippen MR) is 306 cm³/mol. The second kappa shape index (κ2) is 15.9. The van der Waals surface area contributed by atoms with Gasteiger partial charge in [-0.15, -0.1) is 0 Å². The lowest BCUT2D eigenvalue weighted by Gasteiger charge is -2.27. The normalized spacial score (nSPS) is 14.1. The Morgan fingerprint density at radius 3 is 0.833 bits per heavy atom. The van der Waals surface area contributed by atoms with E-state index >= 15 is 0 Å². The van der Waals surface area contributed by atoms with E-state index in [2.05, 4.69) is 225 Å². The van der Waals surface area contributed by atoms with Crippen molar-refractivity contribution in [1.29, 1.82) is 0 Å². The molecule has 4 aromatic carbocycles. The van der Waals surface area contributed by atoms with Crippen molar-refractivity contribution in [2.75, 3.05) is 0 Å². The first-order valence-corrected chi connectivity index (χ1v) is 26.3. The molecular weight excluding hydrogens is 881 g/mol. The zero-order valence-electron chi connectivity index (χ0n) is 48.3. The molecule has 0 unspecified atom stereocenters. The summed E-state index contributed by atoms with van der Waals surface area (Å²) in [6.07, 6.45) is 0. The van der Waals surface area contributed by atoms with Gasteiger partial charge in [-0.05, 0) is 112 Å². The van der Waals surface area contributed by atoms with Gasteiger partial charge in [-0.1, -0.05) is 190 Å². The van der Waals surface area contributed by atoms with Gasteiger partial charge < -0.3 is 9.97 Å². The molecule has 0 aliphatic carbocycles. The Hall–Kier alpha value is -5.76. The van der Waals surface area contributed by atoms with E-state index in [-0.39, 0.29) is 43.3 Å². The van der Waals surface area contributed by atoms with E-state index < -0.39 is 0 Å². The van der Waals surface area contributed by atoms with Gasteiger partial charge in [0.1, 0.15) is 22.6 Å². The number of fused-ring (bicyclic) bond motifs is 20. The van der Waals surface area contributed by atoms with Gasteiger partial charge in [-0.2, -0.15) is 0 Å². The van der Waals surface area contributed by atoms with Gasteiger partial charge >= 0.3 is 0 Å². The second-order valence-electron chi connectivity index (χ2n) is 29.4. The third-order valence-corrected chi connectivity index (χ3v) is 14.9. The lowest BCUT2D eigenvalue weighted by atomic mass is 9.77. The molecule has 0 saturated heterocycles. The van der Waals surface area contributed by atoms with Crippen molar-refractivity contribution in [2.45, 2.75) is 209 Å². The van der Waals surface area contributed by atoms with Crippen molar-refractivity contribution in [3.63, 3.8) is 0 Å². The van der Waals surface area contributed by atoms with E-state index in [4.69, 9.17) is 29.9 Å². The fourth-order valence-corrected chi connectivity index (χ4v) is 10.4. The van der Waals surface area contributed by atoms with E-state index in [0.29, 0.717) is 34.6 Å². The molecule has 0 atom stereocenters. The van der Waals surface area contributed by atoms with Crippen molar-refractivity contribution >= 4 is 44.1 Å². The van der Waals surface area contributed by atoms with Gasteiger partial charge in [-0.25, -0.2) is 29.9 Å². The van der Waals surface area contributed by atoms with Crippen molar-refractivity contribution < 1.29 is 0 Å². The fourth-order valence-electron chi connectivity index (χ4n) is 10.4. The van der Waals surface area contributed by atoms with Crippen LogP contribution in [0.25, 0.3) is 89.7 Å². The summed E-state index contributed by atoms with van der Waals surface area (Å²) in [7, 11) is 0. The summed E-state index contributed by atoms with van der Waals surface area (Å²) >= 11 is 0. The van der Waals surface area contributed by atoms with Crippen molar-refractivity contribution in [1.82, 2.24) is 39.9 Å². The minimum atomic E-state index is -0.250. The van der Waals surface area contributed by atoms with Crippen LogP contribution in [0, 0.1) is 0 Å². The zero-order valence-corrected chi connectivity index (χ0v) is 48.3. The van der Waals surface area contributed by atoms with Gasteiger partial charge in [0.2, 0.25) is 0 Å². The van der Waals surface area contributed by atoms with Crippen molar-refractivity contribution in [2.24, 2.45) is 0 Å². The van der Waals surface area contributed by atoms with Crippen LogP contribution in [-0.4, -0.2) is 39.9 Å². The summed E-state index contributed by atoms with van der Waals surface area (Å²) in [5.74, 6) is 2.50. The molecule has 2 N–H and O–H groups in total. The molecule has 7 aromatic rings. The number of benzene rings is 4. The maximum absolute atomic E-state index is 5.74. The molecule has 3 aromatic heterocycles. The Labute approximate surface area is 430 Å². The summed E-state index contributed by atoms with van der Waals surface area (Å²) in [5, 5.41) is 4.08. The zero-order chi connectivity index (χ0) is 53.2. The number of H-pyrrole nitrogens is 2. The Kier molecular flexibility index (Phi) is 11.3. The highest BCUT2D eigenvalue weighted by Crippen LogP contribution is 2.48. The third-order valence-electron chi connectivity index (χ3n) is 14.9. The molecule has 0 radical (unpaired) electrons.